The molecule has 0 aromatic carbocycles. The molecule has 0 aliphatic rings. The van der Waals surface area contributed by atoms with Crippen molar-refractivity contribution in [1.29, 1.82) is 5.26 Å². The summed E-state index contributed by atoms with van der Waals surface area (Å²) in [5, 5.41) is 7.99. The lowest BCUT2D eigenvalue weighted by Gasteiger charge is -1.96. The Hall–Kier alpha value is -0.220. The molecule has 0 radical (unpaired) electrons. The minimum absolute atomic E-state index is 0.267. The predicted octanol–water partition coefficient (Wildman–Crippen LogP) is 2.70. The summed E-state index contributed by atoms with van der Waals surface area (Å²) in [6.07, 6.45) is 4.30. The Labute approximate surface area is 61.6 Å². The van der Waals surface area contributed by atoms with Crippen LogP contribution in [0.1, 0.15) is 32.6 Å². The lowest BCUT2D eigenvalue weighted by molar-refractivity contribution is 0.681. The van der Waals surface area contributed by atoms with Crippen molar-refractivity contribution in [1.82, 2.24) is 0 Å². The quantitative estimate of drug-likeness (QED) is 0.441. The van der Waals surface area contributed by atoms with Crippen LogP contribution in [0.15, 0.2) is 0 Å². The van der Waals surface area contributed by atoms with Gasteiger partial charge >= 0.3 is 0 Å². The fraction of sp³-hybridized carbons (Fsp3) is 0.857. The Morgan fingerprint density at radius 1 is 1.56 bits per heavy atom. The summed E-state index contributed by atoms with van der Waals surface area (Å²) >= 11 is 5.54. The molecule has 0 aromatic heterocycles. The van der Waals surface area contributed by atoms with Crippen LogP contribution in [0.25, 0.3) is 0 Å². The van der Waals surface area contributed by atoms with Crippen LogP contribution in [0, 0.1) is 11.3 Å². The van der Waals surface area contributed by atoms with Gasteiger partial charge in [-0.3, -0.25) is 0 Å². The van der Waals surface area contributed by atoms with Crippen LogP contribution in [0.3, 0.4) is 0 Å². The van der Waals surface area contributed by atoms with Crippen LogP contribution >= 0.6 is 11.6 Å². The molecule has 52 valence electrons. The zero-order chi connectivity index (χ0) is 7.11. The average molecular weight is 146 g/mol. The largest absolute Gasteiger partial charge is 0.197 e. The van der Waals surface area contributed by atoms with Crippen molar-refractivity contribution in [3.63, 3.8) is 0 Å². The molecule has 0 heterocycles. The van der Waals surface area contributed by atoms with Gasteiger partial charge in [-0.25, -0.2) is 0 Å². The Morgan fingerprint density at radius 3 is 2.67 bits per heavy atom. The van der Waals surface area contributed by atoms with Crippen molar-refractivity contribution < 1.29 is 0 Å². The Morgan fingerprint density at radius 2 is 2.22 bits per heavy atom. The molecule has 1 atom stereocenters. The highest BCUT2D eigenvalue weighted by molar-refractivity contribution is 6.22. The minimum atomic E-state index is -0.267. The maximum absolute atomic E-state index is 8.25. The molecule has 0 aliphatic heterocycles. The summed E-state index contributed by atoms with van der Waals surface area (Å²) in [4.78, 5) is 0. The van der Waals surface area contributed by atoms with Gasteiger partial charge in [-0.05, 0) is 6.42 Å². The van der Waals surface area contributed by atoms with Gasteiger partial charge in [0.1, 0.15) is 5.38 Å². The lowest BCUT2D eigenvalue weighted by Crippen LogP contribution is -1.92. The Bertz CT molecular complexity index is 95.6. The van der Waals surface area contributed by atoms with Gasteiger partial charge in [0.15, 0.2) is 0 Å². The Kier molecular flexibility index (Phi) is 5.76. The van der Waals surface area contributed by atoms with Crippen LogP contribution in [-0.2, 0) is 0 Å². The van der Waals surface area contributed by atoms with Crippen LogP contribution in [0.2, 0.25) is 0 Å². The number of alkyl halides is 1. The van der Waals surface area contributed by atoms with Gasteiger partial charge in [0, 0.05) is 0 Å². The first-order chi connectivity index (χ1) is 4.31. The minimum Gasteiger partial charge on any atom is -0.197 e. The van der Waals surface area contributed by atoms with Gasteiger partial charge in [0.25, 0.3) is 0 Å². The summed E-state index contributed by atoms with van der Waals surface area (Å²) < 4.78 is 0. The molecule has 0 saturated heterocycles. The average Bonchev–Trinajstić information content (AvgIpc) is 1.89. The van der Waals surface area contributed by atoms with E-state index in [0.717, 1.165) is 12.8 Å². The molecule has 0 aliphatic carbocycles. The molecule has 0 spiro atoms. The fourth-order valence-corrected chi connectivity index (χ4v) is 0.792. The summed E-state index contributed by atoms with van der Waals surface area (Å²) in [7, 11) is 0. The van der Waals surface area contributed by atoms with E-state index in [4.69, 9.17) is 16.9 Å². The van der Waals surface area contributed by atoms with E-state index >= 15 is 0 Å². The van der Waals surface area contributed by atoms with Crippen LogP contribution in [-0.4, -0.2) is 5.38 Å². The first-order valence-corrected chi connectivity index (χ1v) is 3.78. The van der Waals surface area contributed by atoms with Crippen molar-refractivity contribution in [3.8, 4) is 6.07 Å². The van der Waals surface area contributed by atoms with E-state index in [1.54, 1.807) is 0 Å². The molecule has 2 heteroatoms. The number of nitriles is 1. The number of unbranched alkanes of at least 4 members (excludes halogenated alkanes) is 2. The topological polar surface area (TPSA) is 23.8 Å². The van der Waals surface area contributed by atoms with Crippen molar-refractivity contribution >= 4 is 11.6 Å². The van der Waals surface area contributed by atoms with E-state index in [0.29, 0.717) is 0 Å². The maximum atomic E-state index is 8.25. The van der Waals surface area contributed by atoms with Crippen LogP contribution in [0.5, 0.6) is 0 Å². The van der Waals surface area contributed by atoms with Gasteiger partial charge in [0.2, 0.25) is 0 Å². The van der Waals surface area contributed by atoms with E-state index in [1.807, 2.05) is 6.07 Å². The predicted molar refractivity (Wildman–Crippen MR) is 39.4 cm³/mol. The SMILES string of the molecule is CCCCCC(Cl)C#N. The normalized spacial score (nSPS) is 12.6. The van der Waals surface area contributed by atoms with Crippen molar-refractivity contribution in [2.75, 3.05) is 0 Å². The molecular weight excluding hydrogens is 134 g/mol. The number of halogens is 1. The third-order valence-corrected chi connectivity index (χ3v) is 1.52. The highest BCUT2D eigenvalue weighted by Crippen LogP contribution is 2.06. The smallest absolute Gasteiger partial charge is 0.120 e. The summed E-state index contributed by atoms with van der Waals surface area (Å²) in [5.74, 6) is 0. The number of rotatable bonds is 4. The second kappa shape index (κ2) is 5.91. The van der Waals surface area contributed by atoms with Gasteiger partial charge in [0.05, 0.1) is 6.07 Å². The highest BCUT2D eigenvalue weighted by Gasteiger charge is 1.98. The first-order valence-electron chi connectivity index (χ1n) is 3.35. The third-order valence-electron chi connectivity index (χ3n) is 1.20. The molecule has 0 aromatic rings. The standard InChI is InChI=1S/C7H12ClN/c1-2-3-4-5-7(8)6-9/h7H,2-5H2,1H3. The van der Waals surface area contributed by atoms with Crippen LogP contribution < -0.4 is 0 Å². The molecule has 1 unspecified atom stereocenters. The number of hydrogen-bond donors (Lipinski definition) is 0. The first kappa shape index (κ1) is 8.78. The molecule has 0 amide bonds. The molecule has 0 N–H and O–H groups in total. The summed E-state index contributed by atoms with van der Waals surface area (Å²) in [6, 6.07) is 1.99. The van der Waals surface area contributed by atoms with E-state index in [-0.39, 0.29) is 5.38 Å². The van der Waals surface area contributed by atoms with E-state index in [9.17, 15) is 0 Å². The monoisotopic (exact) mass is 145 g/mol. The highest BCUT2D eigenvalue weighted by atomic mass is 35.5. The second-order valence-corrected chi connectivity index (χ2v) is 2.62. The lowest BCUT2D eigenvalue weighted by atomic mass is 10.2. The van der Waals surface area contributed by atoms with Crippen molar-refractivity contribution in [3.05, 3.63) is 0 Å². The fourth-order valence-electron chi connectivity index (χ4n) is 0.638. The third kappa shape index (κ3) is 5.65. The molecule has 0 fully saturated rings. The van der Waals surface area contributed by atoms with Crippen LogP contribution in [0.4, 0.5) is 0 Å². The summed E-state index contributed by atoms with van der Waals surface area (Å²) in [5.41, 5.74) is 0. The Balaban J connectivity index is 2.99. The number of nitrogens with zero attached hydrogens (tertiary/aromatic N) is 1. The molecule has 1 nitrogen and oxygen atoms in total. The van der Waals surface area contributed by atoms with Crippen molar-refractivity contribution in [2.45, 2.75) is 38.0 Å². The maximum Gasteiger partial charge on any atom is 0.120 e. The van der Waals surface area contributed by atoms with Gasteiger partial charge in [-0.15, -0.1) is 11.6 Å². The van der Waals surface area contributed by atoms with Gasteiger partial charge < -0.3 is 0 Å². The van der Waals surface area contributed by atoms with Gasteiger partial charge in [-0.1, -0.05) is 26.2 Å². The van der Waals surface area contributed by atoms with E-state index in [1.165, 1.54) is 12.8 Å². The molecule has 0 rings (SSSR count). The zero-order valence-corrected chi connectivity index (χ0v) is 6.49. The summed E-state index contributed by atoms with van der Waals surface area (Å²) in [6.45, 7) is 2.13. The molecular formula is C7H12ClN. The number of hydrogen-bond acceptors (Lipinski definition) is 1. The van der Waals surface area contributed by atoms with Gasteiger partial charge in [-0.2, -0.15) is 5.26 Å². The van der Waals surface area contributed by atoms with E-state index < -0.39 is 0 Å². The molecule has 0 saturated carbocycles. The van der Waals surface area contributed by atoms with E-state index in [2.05, 4.69) is 6.92 Å². The zero-order valence-electron chi connectivity index (χ0n) is 5.73. The molecule has 9 heavy (non-hydrogen) atoms. The second-order valence-electron chi connectivity index (χ2n) is 2.09. The molecule has 0 bridgehead atoms. The van der Waals surface area contributed by atoms with Crippen molar-refractivity contribution in [2.24, 2.45) is 0 Å².